The van der Waals surface area contributed by atoms with Gasteiger partial charge in [0.05, 0.1) is 0 Å². The number of alkyl halides is 3. The number of nitrogens with one attached hydrogen (secondary N) is 1. The molecule has 2 N–H and O–H groups in total. The van der Waals surface area contributed by atoms with Gasteiger partial charge in [0.15, 0.2) is 0 Å². The summed E-state index contributed by atoms with van der Waals surface area (Å²) in [5.41, 5.74) is 1.46. The summed E-state index contributed by atoms with van der Waals surface area (Å²) >= 11 is 0. The van der Waals surface area contributed by atoms with Crippen LogP contribution in [0.25, 0.3) is 6.08 Å². The molecule has 1 unspecified atom stereocenters. The average molecular weight is 330 g/mol. The van der Waals surface area contributed by atoms with Crippen LogP contribution in [0, 0.1) is 0 Å². The first-order chi connectivity index (χ1) is 10.8. The Morgan fingerprint density at radius 1 is 1.43 bits per heavy atom. The monoisotopic (exact) mass is 330 g/mol. The van der Waals surface area contributed by atoms with E-state index >= 15 is 0 Å². The Labute approximate surface area is 129 Å². The van der Waals surface area contributed by atoms with E-state index in [1.54, 1.807) is 0 Å². The number of rotatable bonds is 4. The molecule has 1 aliphatic heterocycles. The number of carbonyl (C=O) groups excluding carboxylic acids is 2. The van der Waals surface area contributed by atoms with Gasteiger partial charge in [-0.05, 0) is 18.6 Å². The van der Waals surface area contributed by atoms with Crippen LogP contribution >= 0.6 is 0 Å². The highest BCUT2D eigenvalue weighted by molar-refractivity contribution is 5.99. The summed E-state index contributed by atoms with van der Waals surface area (Å²) in [4.78, 5) is 24.8. The molecule has 6 nitrogen and oxygen atoms in total. The van der Waals surface area contributed by atoms with E-state index in [-0.39, 0.29) is 17.7 Å². The molecule has 124 valence electrons. The van der Waals surface area contributed by atoms with Crippen LogP contribution in [0.4, 0.5) is 13.2 Å². The molecule has 0 radical (unpaired) electrons. The molecule has 23 heavy (non-hydrogen) atoms. The SMILES string of the molecule is C=Cc1ccc(C(=O)N2CCC2C(=O)NO)cc1OC(F)(F)F. The summed E-state index contributed by atoms with van der Waals surface area (Å²) in [5, 5.41) is 8.59. The normalized spacial score (nSPS) is 17.2. The van der Waals surface area contributed by atoms with Crippen LogP contribution in [0.2, 0.25) is 0 Å². The van der Waals surface area contributed by atoms with Gasteiger partial charge < -0.3 is 9.64 Å². The van der Waals surface area contributed by atoms with E-state index in [0.29, 0.717) is 6.42 Å². The first-order valence-corrected chi connectivity index (χ1v) is 6.54. The van der Waals surface area contributed by atoms with Crippen molar-refractivity contribution in [1.82, 2.24) is 10.4 Å². The molecular weight excluding hydrogens is 317 g/mol. The molecule has 1 aliphatic rings. The zero-order valence-corrected chi connectivity index (χ0v) is 11.8. The molecule has 0 saturated carbocycles. The van der Waals surface area contributed by atoms with Gasteiger partial charge in [-0.2, -0.15) is 0 Å². The lowest BCUT2D eigenvalue weighted by Gasteiger charge is -2.39. The molecule has 9 heteroatoms. The molecule has 0 spiro atoms. The number of nitrogens with zero attached hydrogens (tertiary/aromatic N) is 1. The number of hydroxylamine groups is 1. The van der Waals surface area contributed by atoms with E-state index in [9.17, 15) is 22.8 Å². The smallest absolute Gasteiger partial charge is 0.405 e. The number of ether oxygens (including phenoxy) is 1. The Morgan fingerprint density at radius 3 is 2.61 bits per heavy atom. The minimum atomic E-state index is -4.91. The third-order valence-electron chi connectivity index (χ3n) is 3.40. The van der Waals surface area contributed by atoms with Gasteiger partial charge in [0.2, 0.25) is 0 Å². The topological polar surface area (TPSA) is 78.9 Å². The zero-order valence-electron chi connectivity index (χ0n) is 11.8. The van der Waals surface area contributed by atoms with Gasteiger partial charge in [0.25, 0.3) is 11.8 Å². The van der Waals surface area contributed by atoms with Crippen LogP contribution in [0.15, 0.2) is 24.8 Å². The molecular formula is C14H13F3N2O4. The van der Waals surface area contributed by atoms with Crippen molar-refractivity contribution in [2.75, 3.05) is 6.54 Å². The second kappa shape index (κ2) is 6.29. The number of carbonyl (C=O) groups is 2. The van der Waals surface area contributed by atoms with Crippen molar-refractivity contribution in [3.8, 4) is 5.75 Å². The maximum absolute atomic E-state index is 12.4. The van der Waals surface area contributed by atoms with Gasteiger partial charge in [0.1, 0.15) is 11.8 Å². The Morgan fingerprint density at radius 2 is 2.13 bits per heavy atom. The van der Waals surface area contributed by atoms with Crippen molar-refractivity contribution >= 4 is 17.9 Å². The Bertz CT molecular complexity index is 645. The van der Waals surface area contributed by atoms with Crippen LogP contribution in [0.3, 0.4) is 0 Å². The van der Waals surface area contributed by atoms with E-state index in [4.69, 9.17) is 5.21 Å². The second-order valence-electron chi connectivity index (χ2n) is 4.78. The number of amides is 2. The third-order valence-corrected chi connectivity index (χ3v) is 3.40. The minimum Gasteiger partial charge on any atom is -0.405 e. The quantitative estimate of drug-likeness (QED) is 0.653. The van der Waals surface area contributed by atoms with Crippen molar-refractivity contribution in [3.05, 3.63) is 35.9 Å². The Hall–Kier alpha value is -2.55. The predicted molar refractivity (Wildman–Crippen MR) is 72.6 cm³/mol. The lowest BCUT2D eigenvalue weighted by Crippen LogP contribution is -2.57. The van der Waals surface area contributed by atoms with Crippen LogP contribution in [0.5, 0.6) is 5.75 Å². The van der Waals surface area contributed by atoms with E-state index in [1.807, 2.05) is 0 Å². The Kier molecular flexibility index (Phi) is 4.60. The summed E-state index contributed by atoms with van der Waals surface area (Å²) in [5.74, 6) is -1.94. The number of hydrogen-bond acceptors (Lipinski definition) is 4. The molecule has 1 heterocycles. The maximum Gasteiger partial charge on any atom is 0.573 e. The highest BCUT2D eigenvalue weighted by Crippen LogP contribution is 2.30. The molecule has 2 rings (SSSR count). The molecule has 1 atom stereocenters. The first-order valence-electron chi connectivity index (χ1n) is 6.54. The van der Waals surface area contributed by atoms with Crippen molar-refractivity contribution in [2.24, 2.45) is 0 Å². The van der Waals surface area contributed by atoms with Crippen molar-refractivity contribution in [2.45, 2.75) is 18.8 Å². The molecule has 0 bridgehead atoms. The molecule has 1 aromatic rings. The lowest BCUT2D eigenvalue weighted by molar-refractivity contribution is -0.274. The van der Waals surface area contributed by atoms with Gasteiger partial charge >= 0.3 is 6.36 Å². The second-order valence-corrected chi connectivity index (χ2v) is 4.78. The van der Waals surface area contributed by atoms with E-state index in [1.165, 1.54) is 23.7 Å². The van der Waals surface area contributed by atoms with Crippen LogP contribution < -0.4 is 10.2 Å². The number of hydrogen-bond donors (Lipinski definition) is 2. The van der Waals surface area contributed by atoms with E-state index in [0.717, 1.165) is 11.0 Å². The number of likely N-dealkylation sites (tertiary alicyclic amines) is 1. The summed E-state index contributed by atoms with van der Waals surface area (Å²) in [7, 11) is 0. The molecule has 1 fully saturated rings. The summed E-state index contributed by atoms with van der Waals surface area (Å²) in [6.45, 7) is 3.64. The largest absolute Gasteiger partial charge is 0.573 e. The predicted octanol–water partition coefficient (Wildman–Crippen LogP) is 1.95. The van der Waals surface area contributed by atoms with E-state index < -0.39 is 30.0 Å². The first kappa shape index (κ1) is 16.8. The van der Waals surface area contributed by atoms with Gasteiger partial charge in [-0.1, -0.05) is 18.7 Å². The molecule has 0 aliphatic carbocycles. The number of halogens is 3. The fourth-order valence-electron chi connectivity index (χ4n) is 2.19. The minimum absolute atomic E-state index is 0.0645. The highest BCUT2D eigenvalue weighted by Gasteiger charge is 2.38. The molecule has 1 aromatic carbocycles. The average Bonchev–Trinajstić information content (AvgIpc) is 2.44. The van der Waals surface area contributed by atoms with Gasteiger partial charge in [0, 0.05) is 17.7 Å². The third kappa shape index (κ3) is 3.62. The van der Waals surface area contributed by atoms with Crippen molar-refractivity contribution in [1.29, 1.82) is 0 Å². The van der Waals surface area contributed by atoms with Crippen molar-refractivity contribution < 1.29 is 32.7 Å². The molecule has 0 aromatic heterocycles. The van der Waals surface area contributed by atoms with Gasteiger partial charge in [-0.25, -0.2) is 5.48 Å². The fourth-order valence-corrected chi connectivity index (χ4v) is 2.19. The Balaban J connectivity index is 2.26. The molecule has 1 saturated heterocycles. The summed E-state index contributed by atoms with van der Waals surface area (Å²) in [6.07, 6.45) is -3.38. The van der Waals surface area contributed by atoms with Gasteiger partial charge in [-0.3, -0.25) is 14.8 Å². The number of benzene rings is 1. The maximum atomic E-state index is 12.4. The summed E-state index contributed by atoms with van der Waals surface area (Å²) in [6, 6.07) is 2.68. The zero-order chi connectivity index (χ0) is 17.2. The molecule has 2 amide bonds. The van der Waals surface area contributed by atoms with Gasteiger partial charge in [-0.15, -0.1) is 13.2 Å². The van der Waals surface area contributed by atoms with Crippen LogP contribution in [-0.4, -0.2) is 40.9 Å². The summed E-state index contributed by atoms with van der Waals surface area (Å²) < 4.78 is 41.1. The van der Waals surface area contributed by atoms with Crippen molar-refractivity contribution in [3.63, 3.8) is 0 Å². The highest BCUT2D eigenvalue weighted by atomic mass is 19.4. The lowest BCUT2D eigenvalue weighted by atomic mass is 10.00. The fraction of sp³-hybridized carbons (Fsp3) is 0.286. The van der Waals surface area contributed by atoms with Crippen LogP contribution in [-0.2, 0) is 4.79 Å². The standard InChI is InChI=1S/C14H13F3N2O4/c1-2-8-3-4-9(7-11(8)23-14(15,16)17)13(21)19-6-5-10(19)12(20)18-22/h2-4,7,10,22H,1,5-6H2,(H,18,20). The van der Waals surface area contributed by atoms with Crippen LogP contribution in [0.1, 0.15) is 22.3 Å². The van der Waals surface area contributed by atoms with E-state index in [2.05, 4.69) is 11.3 Å².